The van der Waals surface area contributed by atoms with E-state index in [1.54, 1.807) is 38.1 Å². The van der Waals surface area contributed by atoms with Crippen molar-refractivity contribution < 1.29 is 22.4 Å². The molecule has 0 spiro atoms. The van der Waals surface area contributed by atoms with Crippen molar-refractivity contribution in [2.24, 2.45) is 0 Å². The number of oxazole rings is 1. The van der Waals surface area contributed by atoms with E-state index in [2.05, 4.69) is 11.9 Å². The van der Waals surface area contributed by atoms with Crippen molar-refractivity contribution in [2.75, 3.05) is 6.61 Å². The first-order valence-electron chi connectivity index (χ1n) is 9.51. The maximum atomic E-state index is 13.2. The molecule has 0 saturated carbocycles. The zero-order valence-electron chi connectivity index (χ0n) is 16.6. The number of ether oxygens (including phenoxy) is 1. The Morgan fingerprint density at radius 3 is 2.57 bits per heavy atom. The molecule has 6 nitrogen and oxygen atoms in total. The quantitative estimate of drug-likeness (QED) is 0.320. The number of hydrogen-bond donors (Lipinski definition) is 0. The minimum Gasteiger partial charge on any atom is -0.461 e. The summed E-state index contributed by atoms with van der Waals surface area (Å²) < 4.78 is 37.0. The molecule has 0 saturated heterocycles. The van der Waals surface area contributed by atoms with E-state index in [9.17, 15) is 13.2 Å². The van der Waals surface area contributed by atoms with Crippen molar-refractivity contribution in [1.29, 1.82) is 0 Å². The molecule has 1 aromatic heterocycles. The Balaban J connectivity index is 2.42. The first kappa shape index (κ1) is 21.9. The van der Waals surface area contributed by atoms with E-state index < -0.39 is 21.1 Å². The molecule has 2 aromatic rings. The van der Waals surface area contributed by atoms with Gasteiger partial charge in [0.1, 0.15) is 5.76 Å². The molecule has 152 valence electrons. The van der Waals surface area contributed by atoms with E-state index >= 15 is 0 Å². The molecule has 1 unspecified atom stereocenters. The van der Waals surface area contributed by atoms with Crippen molar-refractivity contribution in [3.63, 3.8) is 0 Å². The zero-order chi connectivity index (χ0) is 20.6. The lowest BCUT2D eigenvalue weighted by Crippen LogP contribution is -2.13. The summed E-state index contributed by atoms with van der Waals surface area (Å²) in [5.41, 5.74) is 0.00416. The Morgan fingerprint density at radius 1 is 1.21 bits per heavy atom. The van der Waals surface area contributed by atoms with Crippen molar-refractivity contribution in [1.82, 2.24) is 4.98 Å². The van der Waals surface area contributed by atoms with Crippen LogP contribution in [0.15, 0.2) is 51.8 Å². The van der Waals surface area contributed by atoms with Crippen LogP contribution < -0.4 is 0 Å². The van der Waals surface area contributed by atoms with Gasteiger partial charge in [-0.15, -0.1) is 0 Å². The summed E-state index contributed by atoms with van der Waals surface area (Å²) in [6.07, 6.45) is 7.33. The van der Waals surface area contributed by atoms with Gasteiger partial charge < -0.3 is 9.15 Å². The molecule has 28 heavy (non-hydrogen) atoms. The Bertz CT molecular complexity index is 900. The van der Waals surface area contributed by atoms with E-state index in [4.69, 9.17) is 9.15 Å². The Hall–Kier alpha value is -2.41. The average Bonchev–Trinajstić information content (AvgIpc) is 3.06. The van der Waals surface area contributed by atoms with Crippen LogP contribution in [0.1, 0.15) is 66.9 Å². The van der Waals surface area contributed by atoms with E-state index in [0.717, 1.165) is 25.7 Å². The third-order valence-electron chi connectivity index (χ3n) is 4.22. The van der Waals surface area contributed by atoms with Crippen LogP contribution in [0.25, 0.3) is 0 Å². The topological polar surface area (TPSA) is 86.5 Å². The van der Waals surface area contributed by atoms with E-state index in [-0.39, 0.29) is 28.8 Å². The maximum absolute atomic E-state index is 13.2. The van der Waals surface area contributed by atoms with Gasteiger partial charge in [0, 0.05) is 0 Å². The van der Waals surface area contributed by atoms with Crippen LogP contribution >= 0.6 is 0 Å². The number of carbonyl (C=O) groups excluding carboxylic acids is 1. The molecular weight excluding hydrogens is 378 g/mol. The summed E-state index contributed by atoms with van der Waals surface area (Å²) in [6.45, 7) is 5.57. The third kappa shape index (κ3) is 5.32. The number of rotatable bonds is 10. The van der Waals surface area contributed by atoms with Gasteiger partial charge >= 0.3 is 5.97 Å². The molecule has 2 rings (SSSR count). The number of nitrogens with zero attached hydrogens (tertiary/aromatic N) is 1. The second kappa shape index (κ2) is 10.2. The number of hydrogen-bond acceptors (Lipinski definition) is 6. The maximum Gasteiger partial charge on any atom is 0.360 e. The second-order valence-corrected chi connectivity index (χ2v) is 8.45. The Kier molecular flexibility index (Phi) is 7.99. The van der Waals surface area contributed by atoms with E-state index in [1.807, 2.05) is 6.08 Å². The van der Waals surface area contributed by atoms with E-state index in [0.29, 0.717) is 0 Å². The van der Waals surface area contributed by atoms with Gasteiger partial charge in [-0.05, 0) is 38.8 Å². The zero-order valence-corrected chi connectivity index (χ0v) is 17.4. The standard InChI is InChI=1S/C21H27NO5S/c1-4-6-7-8-12-15-18(28(24,25)17-13-10-9-11-14-17)20-22-19(16(3)27-20)21(23)26-5-2/h9-15,18H,4-8H2,1-3H3/b15-12+. The normalized spacial score (nSPS) is 13.0. The molecule has 0 radical (unpaired) electrons. The van der Waals surface area contributed by atoms with Gasteiger partial charge in [-0.2, -0.15) is 0 Å². The number of aromatic nitrogens is 1. The van der Waals surface area contributed by atoms with Crippen molar-refractivity contribution >= 4 is 15.8 Å². The molecule has 7 heteroatoms. The molecule has 0 bridgehead atoms. The minimum atomic E-state index is -3.78. The fourth-order valence-electron chi connectivity index (χ4n) is 2.73. The highest BCUT2D eigenvalue weighted by molar-refractivity contribution is 7.91. The number of esters is 1. The van der Waals surface area contributed by atoms with Crippen LogP contribution in [0.2, 0.25) is 0 Å². The highest BCUT2D eigenvalue weighted by Crippen LogP contribution is 2.31. The van der Waals surface area contributed by atoms with Crippen LogP contribution in [0.4, 0.5) is 0 Å². The van der Waals surface area contributed by atoms with Crippen molar-refractivity contribution in [3.8, 4) is 0 Å². The molecule has 0 N–H and O–H groups in total. The lowest BCUT2D eigenvalue weighted by atomic mass is 10.2. The predicted octanol–water partition coefficient (Wildman–Crippen LogP) is 4.81. The highest BCUT2D eigenvalue weighted by atomic mass is 32.2. The lowest BCUT2D eigenvalue weighted by molar-refractivity contribution is 0.0518. The van der Waals surface area contributed by atoms with Crippen LogP contribution in [-0.4, -0.2) is 26.0 Å². The number of sulfone groups is 1. The van der Waals surface area contributed by atoms with Gasteiger partial charge in [0.05, 0.1) is 11.5 Å². The van der Waals surface area contributed by atoms with Crippen molar-refractivity contribution in [3.05, 3.63) is 59.8 Å². The third-order valence-corrected chi connectivity index (χ3v) is 6.17. The molecular formula is C21H27NO5S. The summed E-state index contributed by atoms with van der Waals surface area (Å²) in [6, 6.07) is 8.16. The molecule has 0 amide bonds. The average molecular weight is 406 g/mol. The number of aryl methyl sites for hydroxylation is 1. The number of carbonyl (C=O) groups is 1. The molecule has 1 aromatic carbocycles. The minimum absolute atomic E-state index is 0.00416. The monoisotopic (exact) mass is 405 g/mol. The van der Waals surface area contributed by atoms with Crippen LogP contribution in [0.3, 0.4) is 0 Å². The van der Waals surface area contributed by atoms with Gasteiger partial charge in [0.25, 0.3) is 0 Å². The van der Waals surface area contributed by atoms with E-state index in [1.165, 1.54) is 12.1 Å². The van der Waals surface area contributed by atoms with Gasteiger partial charge in [-0.25, -0.2) is 18.2 Å². The van der Waals surface area contributed by atoms with Crippen molar-refractivity contribution in [2.45, 2.75) is 56.6 Å². The first-order valence-corrected chi connectivity index (χ1v) is 11.1. The highest BCUT2D eigenvalue weighted by Gasteiger charge is 2.33. The summed E-state index contributed by atoms with van der Waals surface area (Å²) in [5.74, 6) is -0.421. The number of benzene rings is 1. The smallest absolute Gasteiger partial charge is 0.360 e. The Morgan fingerprint density at radius 2 is 1.93 bits per heavy atom. The summed E-state index contributed by atoms with van der Waals surface area (Å²) in [7, 11) is -3.78. The molecule has 0 fully saturated rings. The second-order valence-electron chi connectivity index (χ2n) is 6.38. The van der Waals surface area contributed by atoms with Gasteiger partial charge in [0.2, 0.25) is 5.89 Å². The fourth-order valence-corrected chi connectivity index (χ4v) is 4.25. The largest absolute Gasteiger partial charge is 0.461 e. The van der Waals surface area contributed by atoms with Gasteiger partial charge in [-0.3, -0.25) is 0 Å². The van der Waals surface area contributed by atoms with Gasteiger partial charge in [0.15, 0.2) is 20.8 Å². The summed E-state index contributed by atoms with van der Waals surface area (Å²) in [4.78, 5) is 16.4. The fraction of sp³-hybridized carbons (Fsp3) is 0.429. The molecule has 0 aliphatic rings. The molecule has 1 heterocycles. The summed E-state index contributed by atoms with van der Waals surface area (Å²) in [5, 5.41) is -1.11. The summed E-state index contributed by atoms with van der Waals surface area (Å²) >= 11 is 0. The Labute approximate surface area is 166 Å². The molecule has 0 aliphatic heterocycles. The van der Waals surface area contributed by atoms with Gasteiger partial charge in [-0.1, -0.05) is 50.1 Å². The SMILES string of the molecule is CCCCC/C=C/C(c1nc(C(=O)OCC)c(C)o1)S(=O)(=O)c1ccccc1. The van der Waals surface area contributed by atoms with Crippen LogP contribution in [0.5, 0.6) is 0 Å². The van der Waals surface area contributed by atoms with Crippen LogP contribution in [0, 0.1) is 6.92 Å². The number of allylic oxidation sites excluding steroid dienone is 1. The van der Waals surface area contributed by atoms with Crippen LogP contribution in [-0.2, 0) is 14.6 Å². The first-order chi connectivity index (χ1) is 13.4. The molecule has 1 atom stereocenters. The number of unbranched alkanes of at least 4 members (excludes halogenated alkanes) is 3. The predicted molar refractivity (Wildman–Crippen MR) is 107 cm³/mol. The lowest BCUT2D eigenvalue weighted by Gasteiger charge is -2.11. The molecule has 0 aliphatic carbocycles.